The number of non-ortho nitro benzene ring substituents is 2. The topological polar surface area (TPSA) is 171 Å². The van der Waals surface area contributed by atoms with Gasteiger partial charge >= 0.3 is 5.97 Å². The molecule has 0 aromatic heterocycles. The summed E-state index contributed by atoms with van der Waals surface area (Å²) in [4.78, 5) is 58.6. The van der Waals surface area contributed by atoms with Crippen LogP contribution in [0.15, 0.2) is 78.5 Å². The summed E-state index contributed by atoms with van der Waals surface area (Å²) < 4.78 is 4.92. The van der Waals surface area contributed by atoms with Crippen molar-refractivity contribution in [3.8, 4) is 0 Å². The molecule has 0 aliphatic carbocycles. The zero-order chi connectivity index (χ0) is 26.9. The molecular weight excluding hydrogens is 484 g/mol. The standard InChI is InChI=1S/C25H20N4O8/c1-2-37-25(32)17-9-11-19(12-10-17)26-24(31)22(14-16-5-3-7-20(13-16)28(33)34)27-23(30)18-6-4-8-21(15-18)29(35)36/h3-15H,2H2,1H3,(H,26,31)(H,27,30)/b22-14-. The van der Waals surface area contributed by atoms with Gasteiger partial charge in [0.05, 0.1) is 22.0 Å². The van der Waals surface area contributed by atoms with E-state index in [9.17, 15) is 34.6 Å². The van der Waals surface area contributed by atoms with Crippen molar-refractivity contribution in [3.05, 3.63) is 115 Å². The summed E-state index contributed by atoms with van der Waals surface area (Å²) in [7, 11) is 0. The van der Waals surface area contributed by atoms with Gasteiger partial charge in [0.1, 0.15) is 5.70 Å². The predicted molar refractivity (Wildman–Crippen MR) is 133 cm³/mol. The summed E-state index contributed by atoms with van der Waals surface area (Å²) >= 11 is 0. The van der Waals surface area contributed by atoms with Crippen LogP contribution in [0.2, 0.25) is 0 Å². The van der Waals surface area contributed by atoms with E-state index in [4.69, 9.17) is 4.74 Å². The van der Waals surface area contributed by atoms with Crippen molar-refractivity contribution in [1.82, 2.24) is 5.32 Å². The molecule has 2 N–H and O–H groups in total. The Labute approximate surface area is 209 Å². The van der Waals surface area contributed by atoms with Crippen molar-refractivity contribution in [3.63, 3.8) is 0 Å². The molecule has 0 radical (unpaired) electrons. The van der Waals surface area contributed by atoms with Crippen LogP contribution in [0.3, 0.4) is 0 Å². The maximum Gasteiger partial charge on any atom is 0.338 e. The van der Waals surface area contributed by atoms with Crippen molar-refractivity contribution in [2.75, 3.05) is 11.9 Å². The molecule has 37 heavy (non-hydrogen) atoms. The highest BCUT2D eigenvalue weighted by molar-refractivity contribution is 6.10. The molecule has 3 aromatic carbocycles. The van der Waals surface area contributed by atoms with Gasteiger partial charge in [-0.25, -0.2) is 4.79 Å². The van der Waals surface area contributed by atoms with Gasteiger partial charge < -0.3 is 15.4 Å². The smallest absolute Gasteiger partial charge is 0.338 e. The van der Waals surface area contributed by atoms with Crippen molar-refractivity contribution in [2.24, 2.45) is 0 Å². The first-order chi connectivity index (χ1) is 17.7. The molecule has 3 aromatic rings. The highest BCUT2D eigenvalue weighted by atomic mass is 16.6. The number of nitrogens with one attached hydrogen (secondary N) is 2. The lowest BCUT2D eigenvalue weighted by molar-refractivity contribution is -0.385. The SMILES string of the molecule is CCOC(=O)c1ccc(NC(=O)/C(=C/c2cccc([N+](=O)[O-])c2)NC(=O)c2cccc([N+](=O)[O-])c2)cc1. The lowest BCUT2D eigenvalue weighted by Gasteiger charge is -2.12. The summed E-state index contributed by atoms with van der Waals surface area (Å²) in [6, 6.07) is 16.1. The number of hydrogen-bond acceptors (Lipinski definition) is 8. The molecule has 0 atom stereocenters. The van der Waals surface area contributed by atoms with E-state index < -0.39 is 27.6 Å². The molecule has 0 aliphatic heterocycles. The summed E-state index contributed by atoms with van der Waals surface area (Å²) in [6.45, 7) is 1.87. The van der Waals surface area contributed by atoms with Crippen LogP contribution >= 0.6 is 0 Å². The van der Waals surface area contributed by atoms with Gasteiger partial charge in [0.2, 0.25) is 0 Å². The molecular formula is C25H20N4O8. The van der Waals surface area contributed by atoms with Gasteiger partial charge in [0, 0.05) is 35.5 Å². The summed E-state index contributed by atoms with van der Waals surface area (Å²) in [6.07, 6.45) is 1.23. The Kier molecular flexibility index (Phi) is 8.39. The van der Waals surface area contributed by atoms with E-state index >= 15 is 0 Å². The van der Waals surface area contributed by atoms with Crippen molar-refractivity contribution in [2.45, 2.75) is 6.92 Å². The highest BCUT2D eigenvalue weighted by Crippen LogP contribution is 2.18. The van der Waals surface area contributed by atoms with Crippen LogP contribution in [0.1, 0.15) is 33.2 Å². The summed E-state index contributed by atoms with van der Waals surface area (Å²) in [5.41, 5.74) is -0.108. The van der Waals surface area contributed by atoms with Gasteiger partial charge in [0.15, 0.2) is 0 Å². The average Bonchev–Trinajstić information content (AvgIpc) is 2.89. The lowest BCUT2D eigenvalue weighted by Crippen LogP contribution is -2.30. The highest BCUT2D eigenvalue weighted by Gasteiger charge is 2.18. The van der Waals surface area contributed by atoms with E-state index in [1.54, 1.807) is 6.92 Å². The minimum Gasteiger partial charge on any atom is -0.462 e. The van der Waals surface area contributed by atoms with Gasteiger partial charge in [-0.3, -0.25) is 29.8 Å². The van der Waals surface area contributed by atoms with Gasteiger partial charge in [0.25, 0.3) is 23.2 Å². The molecule has 0 saturated carbocycles. The van der Waals surface area contributed by atoms with Crippen molar-refractivity contribution < 1.29 is 29.0 Å². The van der Waals surface area contributed by atoms with Crippen LogP contribution in [0, 0.1) is 20.2 Å². The van der Waals surface area contributed by atoms with E-state index in [0.29, 0.717) is 0 Å². The minimum atomic E-state index is -0.812. The number of ether oxygens (including phenoxy) is 1. The molecule has 12 nitrogen and oxygen atoms in total. The first kappa shape index (κ1) is 26.2. The number of nitro benzene ring substituents is 2. The Morgan fingerprint density at radius 3 is 2.11 bits per heavy atom. The van der Waals surface area contributed by atoms with Gasteiger partial charge in [-0.1, -0.05) is 18.2 Å². The molecule has 0 heterocycles. The Balaban J connectivity index is 1.91. The molecule has 0 aliphatic rings. The fourth-order valence-electron chi connectivity index (χ4n) is 3.11. The number of esters is 1. The van der Waals surface area contributed by atoms with Crippen LogP contribution in [0.25, 0.3) is 6.08 Å². The van der Waals surface area contributed by atoms with E-state index in [0.717, 1.165) is 6.07 Å². The molecule has 0 spiro atoms. The second-order valence-electron chi connectivity index (χ2n) is 7.42. The van der Waals surface area contributed by atoms with Gasteiger partial charge in [-0.05, 0) is 48.9 Å². The summed E-state index contributed by atoms with van der Waals surface area (Å²) in [5, 5.41) is 27.2. The number of anilines is 1. The largest absolute Gasteiger partial charge is 0.462 e. The molecule has 3 rings (SSSR count). The fraction of sp³-hybridized carbons (Fsp3) is 0.0800. The second-order valence-corrected chi connectivity index (χ2v) is 7.42. The van der Waals surface area contributed by atoms with Crippen LogP contribution in [-0.2, 0) is 9.53 Å². The van der Waals surface area contributed by atoms with Crippen LogP contribution < -0.4 is 10.6 Å². The summed E-state index contributed by atoms with van der Waals surface area (Å²) in [5.74, 6) is -2.13. The monoisotopic (exact) mass is 504 g/mol. The zero-order valence-corrected chi connectivity index (χ0v) is 19.4. The second kappa shape index (κ2) is 11.8. The Morgan fingerprint density at radius 1 is 0.865 bits per heavy atom. The molecule has 12 heteroatoms. The number of amides is 2. The number of rotatable bonds is 9. The van der Waals surface area contributed by atoms with E-state index in [1.807, 2.05) is 0 Å². The Hall–Kier alpha value is -5.39. The van der Waals surface area contributed by atoms with Gasteiger partial charge in [-0.2, -0.15) is 0 Å². The maximum atomic E-state index is 13.1. The molecule has 0 fully saturated rings. The first-order valence-corrected chi connectivity index (χ1v) is 10.8. The number of nitrogens with zero attached hydrogens (tertiary/aromatic N) is 2. The molecule has 0 bridgehead atoms. The lowest BCUT2D eigenvalue weighted by atomic mass is 10.1. The van der Waals surface area contributed by atoms with Crippen molar-refractivity contribution in [1.29, 1.82) is 0 Å². The molecule has 2 amide bonds. The number of benzene rings is 3. The number of hydrogen-bond donors (Lipinski definition) is 2. The van der Waals surface area contributed by atoms with Crippen LogP contribution in [0.4, 0.5) is 17.1 Å². The Morgan fingerprint density at radius 2 is 1.49 bits per heavy atom. The van der Waals surface area contributed by atoms with Crippen LogP contribution in [0.5, 0.6) is 0 Å². The van der Waals surface area contributed by atoms with E-state index in [1.165, 1.54) is 72.8 Å². The van der Waals surface area contributed by atoms with Crippen molar-refractivity contribution >= 4 is 40.9 Å². The number of carbonyl (C=O) groups excluding carboxylic acids is 3. The average molecular weight is 504 g/mol. The third-order valence-electron chi connectivity index (χ3n) is 4.86. The molecule has 0 unspecified atom stereocenters. The minimum absolute atomic E-state index is 0.0780. The molecule has 0 saturated heterocycles. The van der Waals surface area contributed by atoms with Gasteiger partial charge in [-0.15, -0.1) is 0 Å². The quantitative estimate of drug-likeness (QED) is 0.190. The maximum absolute atomic E-state index is 13.1. The van der Waals surface area contributed by atoms with Crippen LogP contribution in [-0.4, -0.2) is 34.2 Å². The predicted octanol–water partition coefficient (Wildman–Crippen LogP) is 4.09. The normalized spacial score (nSPS) is 10.8. The third kappa shape index (κ3) is 7.05. The Bertz CT molecular complexity index is 1400. The zero-order valence-electron chi connectivity index (χ0n) is 19.4. The third-order valence-corrected chi connectivity index (χ3v) is 4.86. The first-order valence-electron chi connectivity index (χ1n) is 10.8. The van der Waals surface area contributed by atoms with E-state index in [-0.39, 0.29) is 46.1 Å². The molecule has 188 valence electrons. The number of carbonyl (C=O) groups is 3. The van der Waals surface area contributed by atoms with E-state index in [2.05, 4.69) is 10.6 Å². The number of nitro groups is 2. The fourth-order valence-corrected chi connectivity index (χ4v) is 3.11.